The third-order valence-corrected chi connectivity index (χ3v) is 5.01. The van der Waals surface area contributed by atoms with Crippen molar-refractivity contribution in [1.82, 2.24) is 5.32 Å². The van der Waals surface area contributed by atoms with Gasteiger partial charge in [0.05, 0.1) is 0 Å². The first-order valence-corrected chi connectivity index (χ1v) is 8.59. The Kier molecular flexibility index (Phi) is 4.61. The molecule has 1 fully saturated rings. The van der Waals surface area contributed by atoms with E-state index in [0.717, 1.165) is 24.8 Å². The molecule has 1 heterocycles. The Balaban J connectivity index is 1.58. The van der Waals surface area contributed by atoms with E-state index in [-0.39, 0.29) is 0 Å². The van der Waals surface area contributed by atoms with Gasteiger partial charge in [-0.05, 0) is 49.9 Å². The van der Waals surface area contributed by atoms with Crippen LogP contribution in [0, 0.1) is 6.92 Å². The molecule has 0 aliphatic heterocycles. The fourth-order valence-corrected chi connectivity index (χ4v) is 3.37. The van der Waals surface area contributed by atoms with Crippen molar-refractivity contribution >= 4 is 11.3 Å². The van der Waals surface area contributed by atoms with Gasteiger partial charge in [-0.3, -0.25) is 0 Å². The molecule has 1 aromatic carbocycles. The number of hydrogen-bond acceptors (Lipinski definition) is 3. The maximum absolute atomic E-state index is 5.95. The maximum Gasteiger partial charge on any atom is 0.120 e. The molecule has 1 N–H and O–H groups in total. The van der Waals surface area contributed by atoms with Crippen molar-refractivity contribution in [3.63, 3.8) is 0 Å². The largest absolute Gasteiger partial charge is 0.489 e. The number of hydrogen-bond donors (Lipinski definition) is 1. The Hall–Kier alpha value is -1.32. The third-order valence-electron chi connectivity index (χ3n) is 3.91. The second-order valence-corrected chi connectivity index (χ2v) is 7.08. The van der Waals surface area contributed by atoms with Gasteiger partial charge in [0.1, 0.15) is 12.4 Å². The summed E-state index contributed by atoms with van der Waals surface area (Å²) < 4.78 is 5.95. The highest BCUT2D eigenvalue weighted by molar-refractivity contribution is 7.12. The van der Waals surface area contributed by atoms with E-state index in [1.54, 1.807) is 0 Å². The standard InChI is InChI=1S/C18H23NOS/c1-3-14-5-4-6-17(9-14)20-12-15-10-18(21-13(15)2)11-19-16-7-8-16/h4-6,9-10,16,19H,3,7-8,11-12H2,1-2H3. The van der Waals surface area contributed by atoms with Crippen LogP contribution in [0.25, 0.3) is 0 Å². The van der Waals surface area contributed by atoms with Crippen LogP contribution in [0.5, 0.6) is 5.75 Å². The van der Waals surface area contributed by atoms with Gasteiger partial charge < -0.3 is 10.1 Å². The van der Waals surface area contributed by atoms with E-state index in [1.165, 1.54) is 33.7 Å². The second kappa shape index (κ2) is 6.63. The molecule has 0 radical (unpaired) electrons. The molecule has 0 spiro atoms. The van der Waals surface area contributed by atoms with Crippen LogP contribution in [-0.2, 0) is 19.6 Å². The van der Waals surface area contributed by atoms with E-state index in [2.05, 4.69) is 43.4 Å². The van der Waals surface area contributed by atoms with Gasteiger partial charge in [0.15, 0.2) is 0 Å². The Bertz CT molecular complexity index is 601. The molecular formula is C18H23NOS. The lowest BCUT2D eigenvalue weighted by molar-refractivity contribution is 0.305. The minimum absolute atomic E-state index is 0.666. The first kappa shape index (κ1) is 14.6. The summed E-state index contributed by atoms with van der Waals surface area (Å²) in [6.45, 7) is 6.02. The number of rotatable bonds is 7. The zero-order chi connectivity index (χ0) is 14.7. The van der Waals surface area contributed by atoms with E-state index < -0.39 is 0 Å². The summed E-state index contributed by atoms with van der Waals surface area (Å²) in [7, 11) is 0. The average molecular weight is 301 g/mol. The van der Waals surface area contributed by atoms with Crippen molar-refractivity contribution in [3.8, 4) is 5.75 Å². The number of benzene rings is 1. The first-order chi connectivity index (χ1) is 10.2. The van der Waals surface area contributed by atoms with Gasteiger partial charge in [0.25, 0.3) is 0 Å². The lowest BCUT2D eigenvalue weighted by atomic mass is 10.2. The molecule has 3 rings (SSSR count). The molecule has 0 unspecified atom stereocenters. The molecule has 1 aliphatic rings. The predicted molar refractivity (Wildman–Crippen MR) is 89.1 cm³/mol. The number of aryl methyl sites for hydroxylation is 2. The fraction of sp³-hybridized carbons (Fsp3) is 0.444. The molecule has 3 heteroatoms. The van der Waals surface area contributed by atoms with Crippen molar-refractivity contribution in [3.05, 3.63) is 51.2 Å². The van der Waals surface area contributed by atoms with E-state index in [0.29, 0.717) is 6.61 Å². The molecule has 2 aromatic rings. The second-order valence-electron chi connectivity index (χ2n) is 5.74. The molecular weight excluding hydrogens is 278 g/mol. The average Bonchev–Trinajstić information content (AvgIpc) is 3.27. The van der Waals surface area contributed by atoms with Gasteiger partial charge in [-0.2, -0.15) is 0 Å². The summed E-state index contributed by atoms with van der Waals surface area (Å²) in [5, 5.41) is 3.57. The normalized spacial score (nSPS) is 14.4. The monoisotopic (exact) mass is 301 g/mol. The molecule has 0 saturated heterocycles. The van der Waals surface area contributed by atoms with Gasteiger partial charge >= 0.3 is 0 Å². The van der Waals surface area contributed by atoms with Crippen LogP contribution in [0.3, 0.4) is 0 Å². The van der Waals surface area contributed by atoms with Gasteiger partial charge in [0, 0.05) is 27.9 Å². The summed E-state index contributed by atoms with van der Waals surface area (Å²) in [6, 6.07) is 11.4. The van der Waals surface area contributed by atoms with E-state index in [4.69, 9.17) is 4.74 Å². The molecule has 1 aromatic heterocycles. The van der Waals surface area contributed by atoms with Crippen LogP contribution in [0.15, 0.2) is 30.3 Å². The highest BCUT2D eigenvalue weighted by atomic mass is 32.1. The minimum Gasteiger partial charge on any atom is -0.489 e. The summed E-state index contributed by atoms with van der Waals surface area (Å²) in [5.41, 5.74) is 2.64. The zero-order valence-electron chi connectivity index (χ0n) is 12.8. The van der Waals surface area contributed by atoms with Crippen LogP contribution < -0.4 is 10.1 Å². The molecule has 0 bridgehead atoms. The number of ether oxygens (including phenoxy) is 1. The van der Waals surface area contributed by atoms with Gasteiger partial charge in [-0.1, -0.05) is 19.1 Å². The molecule has 21 heavy (non-hydrogen) atoms. The van der Waals surface area contributed by atoms with Crippen molar-refractivity contribution < 1.29 is 4.74 Å². The SMILES string of the molecule is CCc1cccc(OCc2cc(CNC3CC3)sc2C)c1. The molecule has 1 saturated carbocycles. The van der Waals surface area contributed by atoms with Crippen molar-refractivity contribution in [2.75, 3.05) is 0 Å². The van der Waals surface area contributed by atoms with Crippen LogP contribution >= 0.6 is 11.3 Å². The number of thiophene rings is 1. The van der Waals surface area contributed by atoms with Gasteiger partial charge in [-0.25, -0.2) is 0 Å². The molecule has 112 valence electrons. The minimum atomic E-state index is 0.666. The number of nitrogens with one attached hydrogen (secondary N) is 1. The van der Waals surface area contributed by atoms with Crippen LogP contribution in [0.1, 0.15) is 40.6 Å². The van der Waals surface area contributed by atoms with Crippen LogP contribution in [0.4, 0.5) is 0 Å². The van der Waals surface area contributed by atoms with Crippen molar-refractivity contribution in [2.24, 2.45) is 0 Å². The topological polar surface area (TPSA) is 21.3 Å². The van der Waals surface area contributed by atoms with E-state index >= 15 is 0 Å². The lowest BCUT2D eigenvalue weighted by Crippen LogP contribution is -2.14. The Labute approximate surface area is 131 Å². The Morgan fingerprint density at radius 2 is 2.14 bits per heavy atom. The lowest BCUT2D eigenvalue weighted by Gasteiger charge is -2.07. The summed E-state index contributed by atoms with van der Waals surface area (Å²) in [4.78, 5) is 2.79. The maximum atomic E-state index is 5.95. The zero-order valence-corrected chi connectivity index (χ0v) is 13.6. The molecule has 1 aliphatic carbocycles. The van der Waals surface area contributed by atoms with Gasteiger partial charge in [0.2, 0.25) is 0 Å². The first-order valence-electron chi connectivity index (χ1n) is 7.78. The molecule has 0 atom stereocenters. The fourth-order valence-electron chi connectivity index (χ4n) is 2.37. The molecule has 2 nitrogen and oxygen atoms in total. The third kappa shape index (κ3) is 4.08. The quantitative estimate of drug-likeness (QED) is 0.816. The van der Waals surface area contributed by atoms with Crippen molar-refractivity contribution in [2.45, 2.75) is 52.3 Å². The summed E-state index contributed by atoms with van der Waals surface area (Å²) in [5.74, 6) is 0.970. The van der Waals surface area contributed by atoms with Crippen LogP contribution in [0.2, 0.25) is 0 Å². The summed E-state index contributed by atoms with van der Waals surface area (Å²) >= 11 is 1.88. The van der Waals surface area contributed by atoms with Crippen LogP contribution in [-0.4, -0.2) is 6.04 Å². The van der Waals surface area contributed by atoms with Gasteiger partial charge in [-0.15, -0.1) is 11.3 Å². The summed E-state index contributed by atoms with van der Waals surface area (Å²) in [6.07, 6.45) is 3.73. The predicted octanol–water partition coefficient (Wildman–Crippen LogP) is 4.45. The Morgan fingerprint density at radius 3 is 2.90 bits per heavy atom. The van der Waals surface area contributed by atoms with Crippen molar-refractivity contribution in [1.29, 1.82) is 0 Å². The highest BCUT2D eigenvalue weighted by Crippen LogP contribution is 2.25. The van der Waals surface area contributed by atoms with E-state index in [1.807, 2.05) is 17.4 Å². The highest BCUT2D eigenvalue weighted by Gasteiger charge is 2.20. The Morgan fingerprint density at radius 1 is 1.29 bits per heavy atom. The van der Waals surface area contributed by atoms with E-state index in [9.17, 15) is 0 Å². The smallest absolute Gasteiger partial charge is 0.120 e. The molecule has 0 amide bonds.